The summed E-state index contributed by atoms with van der Waals surface area (Å²) in [5.41, 5.74) is 7.80. The molecule has 1 aliphatic heterocycles. The third-order valence-corrected chi connectivity index (χ3v) is 3.22. The third kappa shape index (κ3) is 3.06. The lowest BCUT2D eigenvalue weighted by Gasteiger charge is -2.09. The standard InChI is InChI=1S/C16H17NO2.ClH/c17-10-4-5-12-8-9-14-15(11-12)19-16(18-14)13-6-2-1-3-7-13;/h1-3,6-9,11,16H,4-5,10,17H2;1H. The zero-order valence-corrected chi connectivity index (χ0v) is 11.9. The van der Waals surface area contributed by atoms with Crippen LogP contribution in [0.25, 0.3) is 0 Å². The van der Waals surface area contributed by atoms with Crippen LogP contribution in [0, 0.1) is 0 Å². The van der Waals surface area contributed by atoms with E-state index in [-0.39, 0.29) is 18.7 Å². The van der Waals surface area contributed by atoms with Gasteiger partial charge in [-0.2, -0.15) is 0 Å². The molecule has 106 valence electrons. The van der Waals surface area contributed by atoms with E-state index in [2.05, 4.69) is 6.07 Å². The third-order valence-electron chi connectivity index (χ3n) is 3.22. The Balaban J connectivity index is 0.00000147. The van der Waals surface area contributed by atoms with E-state index in [0.717, 1.165) is 29.9 Å². The summed E-state index contributed by atoms with van der Waals surface area (Å²) in [5, 5.41) is 0. The molecule has 0 aromatic heterocycles. The van der Waals surface area contributed by atoms with Gasteiger partial charge in [0.15, 0.2) is 11.5 Å². The fourth-order valence-electron chi connectivity index (χ4n) is 2.20. The van der Waals surface area contributed by atoms with Crippen molar-refractivity contribution in [2.45, 2.75) is 19.1 Å². The van der Waals surface area contributed by atoms with Gasteiger partial charge in [-0.05, 0) is 37.1 Å². The lowest BCUT2D eigenvalue weighted by Crippen LogP contribution is -2.07. The fourth-order valence-corrected chi connectivity index (χ4v) is 2.20. The molecule has 2 N–H and O–H groups in total. The van der Waals surface area contributed by atoms with Gasteiger partial charge in [0.1, 0.15) is 0 Å². The zero-order chi connectivity index (χ0) is 13.1. The SMILES string of the molecule is Cl.NCCCc1ccc2c(c1)OC(c1ccccc1)O2. The minimum atomic E-state index is -0.332. The highest BCUT2D eigenvalue weighted by Gasteiger charge is 2.25. The van der Waals surface area contributed by atoms with Gasteiger partial charge in [-0.1, -0.05) is 36.4 Å². The van der Waals surface area contributed by atoms with E-state index < -0.39 is 0 Å². The minimum Gasteiger partial charge on any atom is -0.447 e. The lowest BCUT2D eigenvalue weighted by molar-refractivity contribution is 0.0487. The quantitative estimate of drug-likeness (QED) is 0.938. The summed E-state index contributed by atoms with van der Waals surface area (Å²) in [6, 6.07) is 16.1. The number of benzene rings is 2. The van der Waals surface area contributed by atoms with E-state index >= 15 is 0 Å². The second-order valence-corrected chi connectivity index (χ2v) is 4.65. The fraction of sp³-hybridized carbons (Fsp3) is 0.250. The summed E-state index contributed by atoms with van der Waals surface area (Å²) < 4.78 is 11.7. The molecule has 0 saturated heterocycles. The summed E-state index contributed by atoms with van der Waals surface area (Å²) in [6.45, 7) is 0.709. The molecule has 1 atom stereocenters. The molecule has 4 heteroatoms. The van der Waals surface area contributed by atoms with Crippen molar-refractivity contribution in [1.82, 2.24) is 0 Å². The van der Waals surface area contributed by atoms with Crippen LogP contribution in [-0.4, -0.2) is 6.54 Å². The normalized spacial score (nSPS) is 15.8. The largest absolute Gasteiger partial charge is 0.447 e. The Morgan fingerprint density at radius 1 is 0.950 bits per heavy atom. The average Bonchev–Trinajstić information content (AvgIpc) is 2.89. The van der Waals surface area contributed by atoms with Crippen LogP contribution in [0.1, 0.15) is 23.8 Å². The van der Waals surface area contributed by atoms with Crippen LogP contribution in [-0.2, 0) is 6.42 Å². The van der Waals surface area contributed by atoms with Gasteiger partial charge in [0.25, 0.3) is 6.29 Å². The van der Waals surface area contributed by atoms with Crippen LogP contribution in [0.2, 0.25) is 0 Å². The Hall–Kier alpha value is -1.71. The maximum absolute atomic E-state index is 5.86. The summed E-state index contributed by atoms with van der Waals surface area (Å²) in [7, 11) is 0. The van der Waals surface area contributed by atoms with Gasteiger partial charge in [-0.25, -0.2) is 0 Å². The number of fused-ring (bicyclic) bond motifs is 1. The van der Waals surface area contributed by atoms with Gasteiger partial charge < -0.3 is 15.2 Å². The van der Waals surface area contributed by atoms with Crippen molar-refractivity contribution in [3.63, 3.8) is 0 Å². The second-order valence-electron chi connectivity index (χ2n) is 4.65. The maximum atomic E-state index is 5.86. The number of hydrogen-bond acceptors (Lipinski definition) is 3. The first-order valence-corrected chi connectivity index (χ1v) is 6.58. The minimum absolute atomic E-state index is 0. The van der Waals surface area contributed by atoms with Crippen molar-refractivity contribution in [3.8, 4) is 11.5 Å². The van der Waals surface area contributed by atoms with Crippen LogP contribution >= 0.6 is 12.4 Å². The van der Waals surface area contributed by atoms with Gasteiger partial charge in [0.2, 0.25) is 0 Å². The predicted molar refractivity (Wildman–Crippen MR) is 81.5 cm³/mol. The zero-order valence-electron chi connectivity index (χ0n) is 11.1. The van der Waals surface area contributed by atoms with E-state index in [1.807, 2.05) is 42.5 Å². The van der Waals surface area contributed by atoms with E-state index in [9.17, 15) is 0 Å². The topological polar surface area (TPSA) is 44.5 Å². The van der Waals surface area contributed by atoms with Crippen LogP contribution in [0.4, 0.5) is 0 Å². The van der Waals surface area contributed by atoms with Crippen molar-refractivity contribution in [2.75, 3.05) is 6.54 Å². The molecule has 0 fully saturated rings. The molecule has 3 rings (SSSR count). The Bertz CT molecular complexity index is 560. The highest BCUT2D eigenvalue weighted by atomic mass is 35.5. The lowest BCUT2D eigenvalue weighted by atomic mass is 10.1. The molecule has 20 heavy (non-hydrogen) atoms. The number of aryl methyl sites for hydroxylation is 1. The molecule has 1 aliphatic rings. The molecule has 0 amide bonds. The first-order chi connectivity index (χ1) is 9.36. The van der Waals surface area contributed by atoms with Gasteiger partial charge in [0, 0.05) is 5.56 Å². The highest BCUT2D eigenvalue weighted by molar-refractivity contribution is 5.85. The summed E-state index contributed by atoms with van der Waals surface area (Å²) in [4.78, 5) is 0. The molecule has 3 nitrogen and oxygen atoms in total. The van der Waals surface area contributed by atoms with Gasteiger partial charge in [0.05, 0.1) is 0 Å². The Labute approximate surface area is 125 Å². The Morgan fingerprint density at radius 3 is 2.45 bits per heavy atom. The number of halogens is 1. The number of nitrogens with two attached hydrogens (primary N) is 1. The summed E-state index contributed by atoms with van der Waals surface area (Å²) >= 11 is 0. The van der Waals surface area contributed by atoms with Gasteiger partial charge in [-0.15, -0.1) is 12.4 Å². The van der Waals surface area contributed by atoms with Crippen molar-refractivity contribution >= 4 is 12.4 Å². The second kappa shape index (κ2) is 6.64. The van der Waals surface area contributed by atoms with E-state index in [4.69, 9.17) is 15.2 Å². The average molecular weight is 292 g/mol. The van der Waals surface area contributed by atoms with Crippen LogP contribution in [0.5, 0.6) is 11.5 Å². The molecule has 2 aromatic rings. The number of ether oxygens (including phenoxy) is 2. The van der Waals surface area contributed by atoms with Crippen molar-refractivity contribution < 1.29 is 9.47 Å². The summed E-state index contributed by atoms with van der Waals surface area (Å²) in [6.07, 6.45) is 1.63. The van der Waals surface area contributed by atoms with Crippen molar-refractivity contribution in [3.05, 3.63) is 59.7 Å². The number of hydrogen-bond donors (Lipinski definition) is 1. The van der Waals surface area contributed by atoms with Gasteiger partial charge in [-0.3, -0.25) is 0 Å². The highest BCUT2D eigenvalue weighted by Crippen LogP contribution is 2.40. The molecule has 0 spiro atoms. The molecule has 0 saturated carbocycles. The molecule has 1 unspecified atom stereocenters. The molecule has 1 heterocycles. The monoisotopic (exact) mass is 291 g/mol. The van der Waals surface area contributed by atoms with Crippen LogP contribution < -0.4 is 15.2 Å². The molecular formula is C16H18ClNO2. The van der Waals surface area contributed by atoms with Gasteiger partial charge >= 0.3 is 0 Å². The van der Waals surface area contributed by atoms with Crippen molar-refractivity contribution in [1.29, 1.82) is 0 Å². The van der Waals surface area contributed by atoms with Crippen LogP contribution in [0.15, 0.2) is 48.5 Å². The molecule has 2 aromatic carbocycles. The predicted octanol–water partition coefficient (Wildman–Crippen LogP) is 3.47. The maximum Gasteiger partial charge on any atom is 0.267 e. The summed E-state index contributed by atoms with van der Waals surface area (Å²) in [5.74, 6) is 1.63. The molecule has 0 radical (unpaired) electrons. The van der Waals surface area contributed by atoms with E-state index in [1.165, 1.54) is 5.56 Å². The van der Waals surface area contributed by atoms with Crippen LogP contribution in [0.3, 0.4) is 0 Å². The van der Waals surface area contributed by atoms with E-state index in [1.54, 1.807) is 0 Å². The smallest absolute Gasteiger partial charge is 0.267 e. The molecular weight excluding hydrogens is 274 g/mol. The van der Waals surface area contributed by atoms with E-state index in [0.29, 0.717) is 6.54 Å². The first-order valence-electron chi connectivity index (χ1n) is 6.58. The Kier molecular flexibility index (Phi) is 4.88. The first kappa shape index (κ1) is 14.7. The van der Waals surface area contributed by atoms with Crippen molar-refractivity contribution in [2.24, 2.45) is 5.73 Å². The molecule has 0 aliphatic carbocycles. The molecule has 0 bridgehead atoms. The Morgan fingerprint density at radius 2 is 1.70 bits per heavy atom. The number of rotatable bonds is 4.